The standard InChI is InChI=1S/C16H21NO4/c1-4-11-5-7-12(8-6-11)13(18)9-10-14(19)17-16(2,3)15(20)21/h5-8H,4,9-10H2,1-3H3,(H,17,19)(H,20,21). The van der Waals surface area contributed by atoms with Crippen LogP contribution < -0.4 is 5.32 Å². The molecule has 5 heteroatoms. The highest BCUT2D eigenvalue weighted by atomic mass is 16.4. The molecule has 0 fully saturated rings. The van der Waals surface area contributed by atoms with Gasteiger partial charge in [-0.05, 0) is 25.8 Å². The zero-order chi connectivity index (χ0) is 16.0. The van der Waals surface area contributed by atoms with Crippen molar-refractivity contribution in [2.24, 2.45) is 0 Å². The Balaban J connectivity index is 2.52. The minimum absolute atomic E-state index is 0.0227. The third-order valence-electron chi connectivity index (χ3n) is 3.25. The van der Waals surface area contributed by atoms with Crippen LogP contribution in [0.5, 0.6) is 0 Å². The average Bonchev–Trinajstić information content (AvgIpc) is 2.44. The van der Waals surface area contributed by atoms with Crippen LogP contribution in [0.15, 0.2) is 24.3 Å². The Morgan fingerprint density at radius 2 is 1.67 bits per heavy atom. The van der Waals surface area contributed by atoms with Gasteiger partial charge in [-0.3, -0.25) is 9.59 Å². The molecule has 0 spiro atoms. The van der Waals surface area contributed by atoms with E-state index in [0.29, 0.717) is 5.56 Å². The molecule has 1 rings (SSSR count). The molecule has 0 aliphatic carbocycles. The molecule has 0 saturated heterocycles. The van der Waals surface area contributed by atoms with Gasteiger partial charge < -0.3 is 10.4 Å². The Bertz CT molecular complexity index is 532. The highest BCUT2D eigenvalue weighted by molar-refractivity contribution is 5.98. The summed E-state index contributed by atoms with van der Waals surface area (Å²) in [6.45, 7) is 4.84. The summed E-state index contributed by atoms with van der Waals surface area (Å²) in [5, 5.41) is 11.3. The first-order valence-corrected chi connectivity index (χ1v) is 6.93. The fraction of sp³-hybridized carbons (Fsp3) is 0.438. The van der Waals surface area contributed by atoms with Crippen molar-refractivity contribution >= 4 is 17.7 Å². The number of Topliss-reactive ketones (excluding diaryl/α,β-unsaturated/α-hetero) is 1. The molecular weight excluding hydrogens is 270 g/mol. The number of carbonyl (C=O) groups excluding carboxylic acids is 2. The maximum absolute atomic E-state index is 12.0. The predicted octanol–water partition coefficient (Wildman–Crippen LogP) is 2.19. The molecule has 2 N–H and O–H groups in total. The first-order chi connectivity index (χ1) is 9.76. The molecule has 0 heterocycles. The molecule has 0 aromatic heterocycles. The van der Waals surface area contributed by atoms with E-state index in [4.69, 9.17) is 5.11 Å². The predicted molar refractivity (Wildman–Crippen MR) is 79.2 cm³/mol. The van der Waals surface area contributed by atoms with E-state index in [0.717, 1.165) is 12.0 Å². The van der Waals surface area contributed by atoms with Gasteiger partial charge >= 0.3 is 5.97 Å². The Labute approximate surface area is 124 Å². The average molecular weight is 291 g/mol. The monoisotopic (exact) mass is 291 g/mol. The van der Waals surface area contributed by atoms with E-state index < -0.39 is 17.4 Å². The lowest BCUT2D eigenvalue weighted by molar-refractivity contribution is -0.146. The highest BCUT2D eigenvalue weighted by Gasteiger charge is 2.28. The van der Waals surface area contributed by atoms with Crippen LogP contribution in [0.1, 0.15) is 49.5 Å². The summed E-state index contributed by atoms with van der Waals surface area (Å²) in [7, 11) is 0. The normalized spacial score (nSPS) is 11.0. The second-order valence-corrected chi connectivity index (χ2v) is 5.45. The Morgan fingerprint density at radius 1 is 1.10 bits per heavy atom. The maximum atomic E-state index is 12.0. The minimum atomic E-state index is -1.33. The lowest BCUT2D eigenvalue weighted by Gasteiger charge is -2.20. The van der Waals surface area contributed by atoms with Gasteiger partial charge in [0.1, 0.15) is 5.54 Å². The Kier molecular flexibility index (Phi) is 5.64. The molecule has 1 aromatic rings. The van der Waals surface area contributed by atoms with E-state index in [1.54, 1.807) is 12.1 Å². The lowest BCUT2D eigenvalue weighted by Crippen LogP contribution is -2.49. The number of carboxylic acid groups (broad SMARTS) is 1. The van der Waals surface area contributed by atoms with E-state index in [-0.39, 0.29) is 18.6 Å². The Morgan fingerprint density at radius 3 is 2.14 bits per heavy atom. The van der Waals surface area contributed by atoms with Crippen molar-refractivity contribution < 1.29 is 19.5 Å². The number of carbonyl (C=O) groups is 3. The van der Waals surface area contributed by atoms with Crippen molar-refractivity contribution in [3.63, 3.8) is 0 Å². The van der Waals surface area contributed by atoms with Crippen molar-refractivity contribution in [1.82, 2.24) is 5.32 Å². The first kappa shape index (κ1) is 16.9. The first-order valence-electron chi connectivity index (χ1n) is 6.93. The largest absolute Gasteiger partial charge is 0.480 e. The van der Waals surface area contributed by atoms with Crippen LogP contribution >= 0.6 is 0 Å². The van der Waals surface area contributed by atoms with Gasteiger partial charge in [0.25, 0.3) is 0 Å². The third kappa shape index (κ3) is 5.02. The van der Waals surface area contributed by atoms with Gasteiger partial charge in [-0.15, -0.1) is 0 Å². The second kappa shape index (κ2) is 7.02. The molecule has 1 amide bonds. The molecular formula is C16H21NO4. The molecule has 0 radical (unpaired) electrons. The number of carboxylic acids is 1. The Hall–Kier alpha value is -2.17. The van der Waals surface area contributed by atoms with Gasteiger partial charge in [-0.25, -0.2) is 4.79 Å². The zero-order valence-electron chi connectivity index (χ0n) is 12.6. The number of ketones is 1. The van der Waals surface area contributed by atoms with E-state index in [2.05, 4.69) is 5.32 Å². The molecule has 21 heavy (non-hydrogen) atoms. The number of benzene rings is 1. The highest BCUT2D eigenvalue weighted by Crippen LogP contribution is 2.09. The number of amides is 1. The summed E-state index contributed by atoms with van der Waals surface area (Å²) in [6.07, 6.45) is 0.944. The molecule has 114 valence electrons. The lowest BCUT2D eigenvalue weighted by atomic mass is 10.0. The molecule has 0 saturated carbocycles. The van der Waals surface area contributed by atoms with Crippen LogP contribution in [0.2, 0.25) is 0 Å². The quantitative estimate of drug-likeness (QED) is 0.754. The SMILES string of the molecule is CCc1ccc(C(=O)CCC(=O)NC(C)(C)C(=O)O)cc1. The number of hydrogen-bond donors (Lipinski definition) is 2. The van der Waals surface area contributed by atoms with Gasteiger partial charge in [-0.1, -0.05) is 31.2 Å². The minimum Gasteiger partial charge on any atom is -0.480 e. The van der Waals surface area contributed by atoms with Crippen LogP contribution in [0, 0.1) is 0 Å². The van der Waals surface area contributed by atoms with E-state index in [9.17, 15) is 14.4 Å². The molecule has 1 aromatic carbocycles. The summed E-state index contributed by atoms with van der Waals surface area (Å²) in [4.78, 5) is 34.5. The zero-order valence-corrected chi connectivity index (χ0v) is 12.6. The number of rotatable bonds is 7. The number of hydrogen-bond acceptors (Lipinski definition) is 3. The molecule has 0 unspecified atom stereocenters. The van der Waals surface area contributed by atoms with Crippen LogP contribution in [0.4, 0.5) is 0 Å². The fourth-order valence-electron chi connectivity index (χ4n) is 1.76. The van der Waals surface area contributed by atoms with Gasteiger partial charge in [0.05, 0.1) is 0 Å². The van der Waals surface area contributed by atoms with E-state index in [1.807, 2.05) is 19.1 Å². The number of aliphatic carboxylic acids is 1. The molecule has 0 aliphatic heterocycles. The molecule has 0 bridgehead atoms. The van der Waals surface area contributed by atoms with Crippen LogP contribution in [0.25, 0.3) is 0 Å². The third-order valence-corrected chi connectivity index (χ3v) is 3.25. The van der Waals surface area contributed by atoms with Gasteiger partial charge in [0.2, 0.25) is 5.91 Å². The van der Waals surface area contributed by atoms with E-state index >= 15 is 0 Å². The number of aryl methyl sites for hydroxylation is 1. The topological polar surface area (TPSA) is 83.5 Å². The van der Waals surface area contributed by atoms with Crippen LogP contribution in [0.3, 0.4) is 0 Å². The van der Waals surface area contributed by atoms with Gasteiger partial charge in [0, 0.05) is 18.4 Å². The fourth-order valence-corrected chi connectivity index (χ4v) is 1.76. The van der Waals surface area contributed by atoms with Crippen LogP contribution in [-0.2, 0) is 16.0 Å². The summed E-state index contributed by atoms with van der Waals surface area (Å²) in [5.41, 5.74) is 0.383. The smallest absolute Gasteiger partial charge is 0.328 e. The van der Waals surface area contributed by atoms with Gasteiger partial charge in [-0.2, -0.15) is 0 Å². The second-order valence-electron chi connectivity index (χ2n) is 5.45. The summed E-state index contributed by atoms with van der Waals surface area (Å²) in [6, 6.07) is 7.28. The van der Waals surface area contributed by atoms with Gasteiger partial charge in [0.15, 0.2) is 5.78 Å². The molecule has 5 nitrogen and oxygen atoms in total. The summed E-state index contributed by atoms with van der Waals surface area (Å²) >= 11 is 0. The number of nitrogens with one attached hydrogen (secondary N) is 1. The van der Waals surface area contributed by atoms with Crippen molar-refractivity contribution in [3.8, 4) is 0 Å². The van der Waals surface area contributed by atoms with E-state index in [1.165, 1.54) is 13.8 Å². The van der Waals surface area contributed by atoms with Crippen molar-refractivity contribution in [3.05, 3.63) is 35.4 Å². The molecule has 0 atom stereocenters. The summed E-state index contributed by atoms with van der Waals surface area (Å²) < 4.78 is 0. The van der Waals surface area contributed by atoms with Crippen molar-refractivity contribution in [2.75, 3.05) is 0 Å². The molecule has 0 aliphatic rings. The van der Waals surface area contributed by atoms with Crippen molar-refractivity contribution in [1.29, 1.82) is 0 Å². The van der Waals surface area contributed by atoms with Crippen LogP contribution in [-0.4, -0.2) is 28.3 Å². The van der Waals surface area contributed by atoms with Crippen molar-refractivity contribution in [2.45, 2.75) is 45.6 Å². The summed E-state index contributed by atoms with van der Waals surface area (Å²) in [5.74, 6) is -1.68. The maximum Gasteiger partial charge on any atom is 0.328 e.